The third kappa shape index (κ3) is 4.27. The summed E-state index contributed by atoms with van der Waals surface area (Å²) in [6.07, 6.45) is 2.88. The smallest absolute Gasteiger partial charge is 0.157 e. The summed E-state index contributed by atoms with van der Waals surface area (Å²) in [5.74, 6) is 0. The van der Waals surface area contributed by atoms with Crippen LogP contribution in [0.4, 0.5) is 0 Å². The van der Waals surface area contributed by atoms with E-state index >= 15 is 0 Å². The van der Waals surface area contributed by atoms with Crippen LogP contribution in [0.25, 0.3) is 0 Å². The van der Waals surface area contributed by atoms with Crippen LogP contribution < -0.4 is 0 Å². The molecule has 150 valence electrons. The van der Waals surface area contributed by atoms with Crippen molar-refractivity contribution >= 4 is 0 Å². The Labute approximate surface area is 173 Å². The van der Waals surface area contributed by atoms with Gasteiger partial charge in [0, 0.05) is 7.11 Å². The van der Waals surface area contributed by atoms with E-state index in [9.17, 15) is 0 Å². The van der Waals surface area contributed by atoms with Crippen molar-refractivity contribution in [2.75, 3.05) is 13.7 Å². The summed E-state index contributed by atoms with van der Waals surface area (Å²) in [6, 6.07) is 31.4. The summed E-state index contributed by atoms with van der Waals surface area (Å²) in [5.41, 5.74) is 2.62. The first kappa shape index (κ1) is 19.8. The van der Waals surface area contributed by atoms with Crippen LogP contribution in [0.15, 0.2) is 91.0 Å². The van der Waals surface area contributed by atoms with Crippen molar-refractivity contribution in [3.63, 3.8) is 0 Å². The molecule has 1 saturated heterocycles. The van der Waals surface area contributed by atoms with E-state index in [2.05, 4.69) is 72.8 Å². The average Bonchev–Trinajstić information content (AvgIpc) is 2.82. The first-order valence-corrected chi connectivity index (χ1v) is 10.3. The van der Waals surface area contributed by atoms with Gasteiger partial charge in [-0.15, -0.1) is 0 Å². The normalized spacial score (nSPS) is 19.8. The molecule has 0 saturated carbocycles. The number of rotatable bonds is 7. The summed E-state index contributed by atoms with van der Waals surface area (Å²) >= 11 is 0. The number of hydrogen-bond donors (Lipinski definition) is 0. The van der Waals surface area contributed by atoms with Crippen molar-refractivity contribution in [1.29, 1.82) is 0 Å². The van der Waals surface area contributed by atoms with Crippen LogP contribution in [0.2, 0.25) is 0 Å². The van der Waals surface area contributed by atoms with Gasteiger partial charge in [-0.05, 0) is 36.0 Å². The highest BCUT2D eigenvalue weighted by molar-refractivity contribution is 5.47. The van der Waals surface area contributed by atoms with Crippen molar-refractivity contribution in [2.45, 2.75) is 37.3 Å². The Morgan fingerprint density at radius 1 is 0.759 bits per heavy atom. The van der Waals surface area contributed by atoms with Gasteiger partial charge < -0.3 is 14.2 Å². The highest BCUT2D eigenvalue weighted by atomic mass is 16.7. The van der Waals surface area contributed by atoms with Gasteiger partial charge in [0.2, 0.25) is 0 Å². The highest BCUT2D eigenvalue weighted by Gasteiger charge is 2.38. The molecular weight excluding hydrogens is 360 g/mol. The van der Waals surface area contributed by atoms with Crippen LogP contribution in [-0.2, 0) is 19.8 Å². The number of methoxy groups -OCH3 is 1. The van der Waals surface area contributed by atoms with Gasteiger partial charge in [0.1, 0.15) is 5.60 Å². The minimum absolute atomic E-state index is 0.0178. The molecule has 3 heteroatoms. The maximum atomic E-state index is 6.84. The second kappa shape index (κ2) is 9.36. The highest BCUT2D eigenvalue weighted by Crippen LogP contribution is 2.41. The van der Waals surface area contributed by atoms with Crippen molar-refractivity contribution in [1.82, 2.24) is 0 Å². The second-order valence-electron chi connectivity index (χ2n) is 7.44. The lowest BCUT2D eigenvalue weighted by Crippen LogP contribution is -2.38. The van der Waals surface area contributed by atoms with Gasteiger partial charge in [-0.3, -0.25) is 0 Å². The van der Waals surface area contributed by atoms with E-state index in [0.29, 0.717) is 6.61 Å². The summed E-state index contributed by atoms with van der Waals surface area (Å²) in [7, 11) is 1.70. The number of hydrogen-bond acceptors (Lipinski definition) is 3. The van der Waals surface area contributed by atoms with E-state index in [1.54, 1.807) is 7.11 Å². The summed E-state index contributed by atoms with van der Waals surface area (Å²) in [5, 5.41) is 0. The third-order valence-corrected chi connectivity index (χ3v) is 5.60. The van der Waals surface area contributed by atoms with E-state index < -0.39 is 5.60 Å². The Balaban J connectivity index is 1.76. The molecule has 1 aliphatic heterocycles. The predicted octanol–water partition coefficient (Wildman–Crippen LogP) is 5.54. The van der Waals surface area contributed by atoms with Crippen molar-refractivity contribution < 1.29 is 14.2 Å². The molecule has 0 aliphatic carbocycles. The van der Waals surface area contributed by atoms with Crippen LogP contribution >= 0.6 is 0 Å². The zero-order chi connectivity index (χ0) is 19.9. The number of benzene rings is 3. The molecule has 29 heavy (non-hydrogen) atoms. The Bertz CT molecular complexity index is 768. The third-order valence-electron chi connectivity index (χ3n) is 5.60. The van der Waals surface area contributed by atoms with Crippen LogP contribution in [-0.4, -0.2) is 26.1 Å². The monoisotopic (exact) mass is 388 g/mol. The fourth-order valence-electron chi connectivity index (χ4n) is 4.15. The fourth-order valence-corrected chi connectivity index (χ4v) is 4.15. The van der Waals surface area contributed by atoms with E-state index in [1.807, 2.05) is 18.2 Å². The van der Waals surface area contributed by atoms with Crippen LogP contribution in [0.3, 0.4) is 0 Å². The minimum Gasteiger partial charge on any atom is -0.358 e. The Morgan fingerprint density at radius 3 is 1.69 bits per heavy atom. The van der Waals surface area contributed by atoms with Crippen molar-refractivity contribution in [2.24, 2.45) is 0 Å². The van der Waals surface area contributed by atoms with E-state index in [0.717, 1.165) is 36.0 Å². The van der Waals surface area contributed by atoms with Gasteiger partial charge >= 0.3 is 0 Å². The Kier molecular flexibility index (Phi) is 6.40. The Morgan fingerprint density at radius 2 is 1.24 bits per heavy atom. The van der Waals surface area contributed by atoms with Crippen LogP contribution in [0, 0.1) is 0 Å². The number of ether oxygens (including phenoxy) is 3. The van der Waals surface area contributed by atoms with Gasteiger partial charge in [-0.1, -0.05) is 91.0 Å². The molecule has 0 bridgehead atoms. The first-order chi connectivity index (χ1) is 14.3. The molecule has 1 aliphatic rings. The lowest BCUT2D eigenvalue weighted by Gasteiger charge is -2.38. The van der Waals surface area contributed by atoms with E-state index in [4.69, 9.17) is 14.2 Å². The summed E-state index contributed by atoms with van der Waals surface area (Å²) in [4.78, 5) is 0. The molecule has 1 fully saturated rings. The molecule has 3 aromatic rings. The van der Waals surface area contributed by atoms with Crippen molar-refractivity contribution in [3.05, 3.63) is 108 Å². The molecule has 0 aromatic heterocycles. The molecule has 2 unspecified atom stereocenters. The minimum atomic E-state index is -0.701. The zero-order valence-electron chi connectivity index (χ0n) is 16.9. The first-order valence-electron chi connectivity index (χ1n) is 10.3. The molecule has 4 rings (SSSR count). The summed E-state index contributed by atoms with van der Waals surface area (Å²) < 4.78 is 18.4. The SMILES string of the molecule is COC1CCCC(COC(c2ccccc2)(c2ccccc2)c2ccccc2)O1. The predicted molar refractivity (Wildman–Crippen MR) is 115 cm³/mol. The molecule has 0 N–H and O–H groups in total. The van der Waals surface area contributed by atoms with Crippen LogP contribution in [0.5, 0.6) is 0 Å². The summed E-state index contributed by atoms with van der Waals surface area (Å²) in [6.45, 7) is 0.499. The molecule has 0 amide bonds. The second-order valence-corrected chi connectivity index (χ2v) is 7.44. The van der Waals surface area contributed by atoms with E-state index in [1.165, 1.54) is 0 Å². The molecule has 3 aromatic carbocycles. The average molecular weight is 389 g/mol. The molecule has 2 atom stereocenters. The maximum absolute atomic E-state index is 6.84. The maximum Gasteiger partial charge on any atom is 0.157 e. The topological polar surface area (TPSA) is 27.7 Å². The van der Waals surface area contributed by atoms with Gasteiger partial charge in [-0.2, -0.15) is 0 Å². The van der Waals surface area contributed by atoms with Gasteiger partial charge in [-0.25, -0.2) is 0 Å². The van der Waals surface area contributed by atoms with Gasteiger partial charge in [0.15, 0.2) is 6.29 Å². The van der Waals surface area contributed by atoms with E-state index in [-0.39, 0.29) is 12.4 Å². The fraction of sp³-hybridized carbons (Fsp3) is 0.308. The molecule has 0 spiro atoms. The molecule has 3 nitrogen and oxygen atoms in total. The zero-order valence-corrected chi connectivity index (χ0v) is 16.9. The van der Waals surface area contributed by atoms with Crippen molar-refractivity contribution in [3.8, 4) is 0 Å². The molecular formula is C26H28O3. The lowest BCUT2D eigenvalue weighted by molar-refractivity contribution is -0.199. The lowest BCUT2D eigenvalue weighted by atomic mass is 9.80. The largest absolute Gasteiger partial charge is 0.358 e. The molecule has 1 heterocycles. The molecule has 0 radical (unpaired) electrons. The Hall–Kier alpha value is -2.46. The van der Waals surface area contributed by atoms with Crippen LogP contribution in [0.1, 0.15) is 36.0 Å². The van der Waals surface area contributed by atoms with Gasteiger partial charge in [0.05, 0.1) is 12.7 Å². The van der Waals surface area contributed by atoms with Gasteiger partial charge in [0.25, 0.3) is 0 Å². The quantitative estimate of drug-likeness (QED) is 0.498. The standard InChI is InChI=1S/C26H28O3/c1-27-25-19-11-18-24(29-25)20-28-26(21-12-5-2-6-13-21,22-14-7-3-8-15-22)23-16-9-4-10-17-23/h2-10,12-17,24-25H,11,18-20H2,1H3.